The highest BCUT2D eigenvalue weighted by molar-refractivity contribution is 7.85. The topological polar surface area (TPSA) is 109 Å². The Morgan fingerprint density at radius 1 is 0.714 bits per heavy atom. The number of hydrogen-bond acceptors (Lipinski definition) is 4. The second kappa shape index (κ2) is 7.32. The highest BCUT2D eigenvalue weighted by Crippen LogP contribution is 2.05. The number of benzene rings is 2. The van der Waals surface area contributed by atoms with E-state index in [0.717, 1.165) is 0 Å². The van der Waals surface area contributed by atoms with Gasteiger partial charge in [0.2, 0.25) is 0 Å². The maximum absolute atomic E-state index is 10.4. The first kappa shape index (κ1) is 17.3. The molecule has 0 atom stereocenters. The van der Waals surface area contributed by atoms with Crippen LogP contribution in [0.3, 0.4) is 0 Å². The summed E-state index contributed by atoms with van der Waals surface area (Å²) in [6, 6.07) is 15.9. The summed E-state index contributed by atoms with van der Waals surface area (Å²) in [5.41, 5.74) is 0.593. The SMILES string of the molecule is O=S(=O)(O)Cc1ccccc1.O=S(=O)(O)c1ccccc1. The van der Waals surface area contributed by atoms with Crippen molar-refractivity contribution in [3.05, 3.63) is 66.2 Å². The first-order valence-electron chi connectivity index (χ1n) is 5.70. The minimum Gasteiger partial charge on any atom is -0.285 e. The Balaban J connectivity index is 0.000000211. The smallest absolute Gasteiger partial charge is 0.285 e. The van der Waals surface area contributed by atoms with Gasteiger partial charge >= 0.3 is 0 Å². The lowest BCUT2D eigenvalue weighted by Crippen LogP contribution is -2.00. The fraction of sp³-hybridized carbons (Fsp3) is 0.0769. The lowest BCUT2D eigenvalue weighted by atomic mass is 10.2. The van der Waals surface area contributed by atoms with E-state index in [2.05, 4.69) is 0 Å². The summed E-state index contributed by atoms with van der Waals surface area (Å²) in [6.07, 6.45) is 0. The quantitative estimate of drug-likeness (QED) is 0.833. The number of rotatable bonds is 3. The summed E-state index contributed by atoms with van der Waals surface area (Å²) in [6.45, 7) is 0. The Morgan fingerprint density at radius 2 is 1.14 bits per heavy atom. The molecule has 0 bridgehead atoms. The third kappa shape index (κ3) is 7.57. The molecule has 0 amide bonds. The van der Waals surface area contributed by atoms with Gasteiger partial charge in [0.05, 0.1) is 4.90 Å². The molecule has 2 rings (SSSR count). The molecule has 114 valence electrons. The molecule has 0 radical (unpaired) electrons. The van der Waals surface area contributed by atoms with Gasteiger partial charge < -0.3 is 0 Å². The van der Waals surface area contributed by atoms with Crippen LogP contribution in [0.5, 0.6) is 0 Å². The van der Waals surface area contributed by atoms with Crippen molar-refractivity contribution in [3.8, 4) is 0 Å². The summed E-state index contributed by atoms with van der Waals surface area (Å²) in [7, 11) is -7.88. The molecule has 0 aliphatic rings. The zero-order valence-electron chi connectivity index (χ0n) is 10.8. The van der Waals surface area contributed by atoms with Crippen LogP contribution < -0.4 is 0 Å². The van der Waals surface area contributed by atoms with E-state index in [1.165, 1.54) is 12.1 Å². The lowest BCUT2D eigenvalue weighted by molar-refractivity contribution is 0.480. The fourth-order valence-electron chi connectivity index (χ4n) is 1.38. The standard InChI is InChI=1S/C7H8O3S.C6H6O3S/c8-11(9,10)6-7-4-2-1-3-5-7;7-10(8,9)6-4-2-1-3-5-6/h1-5H,6H2,(H,8,9,10);1-5H,(H,7,8,9). The molecule has 0 saturated carbocycles. The van der Waals surface area contributed by atoms with Crippen LogP contribution in [0, 0.1) is 0 Å². The van der Waals surface area contributed by atoms with Crippen molar-refractivity contribution in [3.63, 3.8) is 0 Å². The molecule has 2 N–H and O–H groups in total. The molecule has 0 fully saturated rings. The molecule has 0 spiro atoms. The molecule has 0 unspecified atom stereocenters. The van der Waals surface area contributed by atoms with Gasteiger partial charge in [0, 0.05) is 0 Å². The van der Waals surface area contributed by atoms with Crippen LogP contribution in [0.1, 0.15) is 5.56 Å². The zero-order chi connectivity index (χ0) is 15.9. The van der Waals surface area contributed by atoms with E-state index in [-0.39, 0.29) is 10.6 Å². The van der Waals surface area contributed by atoms with Gasteiger partial charge in [0.25, 0.3) is 20.2 Å². The largest absolute Gasteiger partial charge is 0.294 e. The van der Waals surface area contributed by atoms with Gasteiger partial charge in [-0.2, -0.15) is 16.8 Å². The molecule has 6 nitrogen and oxygen atoms in total. The van der Waals surface area contributed by atoms with Gasteiger partial charge in [0.15, 0.2) is 0 Å². The highest BCUT2D eigenvalue weighted by Gasteiger charge is 2.06. The normalized spacial score (nSPS) is 11.3. The van der Waals surface area contributed by atoms with E-state index in [4.69, 9.17) is 9.11 Å². The van der Waals surface area contributed by atoms with Crippen molar-refractivity contribution < 1.29 is 25.9 Å². The van der Waals surface area contributed by atoms with Gasteiger partial charge in [-0.15, -0.1) is 0 Å². The minimum atomic E-state index is -4.00. The Morgan fingerprint density at radius 3 is 1.48 bits per heavy atom. The first-order valence-corrected chi connectivity index (χ1v) is 8.75. The van der Waals surface area contributed by atoms with Crippen LogP contribution in [0.4, 0.5) is 0 Å². The summed E-state index contributed by atoms with van der Waals surface area (Å²) in [4.78, 5) is -0.0741. The van der Waals surface area contributed by atoms with Crippen molar-refractivity contribution >= 4 is 20.2 Å². The summed E-state index contributed by atoms with van der Waals surface area (Å²) < 4.78 is 58.4. The molecular formula is C13H14O6S2. The Bertz CT molecular complexity index is 753. The molecule has 8 heteroatoms. The van der Waals surface area contributed by atoms with E-state index in [1.807, 2.05) is 0 Å². The van der Waals surface area contributed by atoms with Crippen molar-refractivity contribution in [1.82, 2.24) is 0 Å². The van der Waals surface area contributed by atoms with Crippen molar-refractivity contribution in [1.29, 1.82) is 0 Å². The Kier molecular flexibility index (Phi) is 6.03. The van der Waals surface area contributed by atoms with Crippen LogP contribution in [-0.4, -0.2) is 25.9 Å². The Labute approximate surface area is 123 Å². The monoisotopic (exact) mass is 330 g/mol. The molecule has 0 aliphatic heterocycles. The van der Waals surface area contributed by atoms with Crippen molar-refractivity contribution in [2.75, 3.05) is 0 Å². The van der Waals surface area contributed by atoms with E-state index in [9.17, 15) is 16.8 Å². The Hall–Kier alpha value is -1.74. The maximum atomic E-state index is 10.4. The summed E-state index contributed by atoms with van der Waals surface area (Å²) >= 11 is 0. The second-order valence-electron chi connectivity index (χ2n) is 4.00. The van der Waals surface area contributed by atoms with Gasteiger partial charge in [0.1, 0.15) is 5.75 Å². The van der Waals surface area contributed by atoms with E-state index < -0.39 is 20.2 Å². The van der Waals surface area contributed by atoms with Crippen LogP contribution in [0.15, 0.2) is 65.6 Å². The van der Waals surface area contributed by atoms with Gasteiger partial charge in [-0.25, -0.2) is 0 Å². The average Bonchev–Trinajstić information content (AvgIpc) is 2.39. The molecule has 21 heavy (non-hydrogen) atoms. The van der Waals surface area contributed by atoms with Crippen LogP contribution in [0.25, 0.3) is 0 Å². The zero-order valence-corrected chi connectivity index (χ0v) is 12.5. The molecule has 0 aromatic heterocycles. The van der Waals surface area contributed by atoms with Crippen LogP contribution in [0.2, 0.25) is 0 Å². The highest BCUT2D eigenvalue weighted by atomic mass is 32.2. The van der Waals surface area contributed by atoms with Crippen molar-refractivity contribution in [2.45, 2.75) is 10.6 Å². The van der Waals surface area contributed by atoms with Crippen LogP contribution >= 0.6 is 0 Å². The van der Waals surface area contributed by atoms with E-state index >= 15 is 0 Å². The van der Waals surface area contributed by atoms with E-state index in [1.54, 1.807) is 48.5 Å². The summed E-state index contributed by atoms with van der Waals surface area (Å²) in [5, 5.41) is 0. The second-order valence-corrected chi connectivity index (χ2v) is 6.87. The van der Waals surface area contributed by atoms with Gasteiger partial charge in [-0.05, 0) is 17.7 Å². The summed E-state index contributed by atoms with van der Waals surface area (Å²) in [5.74, 6) is -0.312. The third-order valence-corrected chi connectivity index (χ3v) is 3.80. The maximum Gasteiger partial charge on any atom is 0.294 e. The predicted octanol–water partition coefficient (Wildman–Crippen LogP) is 2.01. The molecule has 0 aliphatic carbocycles. The third-order valence-electron chi connectivity index (χ3n) is 2.23. The number of hydrogen-bond donors (Lipinski definition) is 2. The molecule has 0 heterocycles. The molecule has 2 aromatic rings. The van der Waals surface area contributed by atoms with Crippen molar-refractivity contribution in [2.24, 2.45) is 0 Å². The predicted molar refractivity (Wildman–Crippen MR) is 78.0 cm³/mol. The first-order chi connectivity index (χ1) is 9.68. The molecule has 0 saturated heterocycles. The average molecular weight is 330 g/mol. The van der Waals surface area contributed by atoms with Crippen LogP contribution in [-0.2, 0) is 26.0 Å². The van der Waals surface area contributed by atoms with Gasteiger partial charge in [-0.1, -0.05) is 48.5 Å². The molecule has 2 aromatic carbocycles. The minimum absolute atomic E-state index is 0.0741. The molecular weight excluding hydrogens is 316 g/mol. The van der Waals surface area contributed by atoms with Gasteiger partial charge in [-0.3, -0.25) is 9.11 Å². The lowest BCUT2D eigenvalue weighted by Gasteiger charge is -1.95. The van der Waals surface area contributed by atoms with E-state index in [0.29, 0.717) is 5.56 Å². The fourth-order valence-corrected chi connectivity index (χ4v) is 2.49.